The van der Waals surface area contributed by atoms with Gasteiger partial charge in [0.15, 0.2) is 0 Å². The number of amides is 2. The summed E-state index contributed by atoms with van der Waals surface area (Å²) >= 11 is 12.0. The van der Waals surface area contributed by atoms with Crippen LogP contribution < -0.4 is 14.5 Å². The minimum absolute atomic E-state index is 0.0745. The highest BCUT2D eigenvalue weighted by Crippen LogP contribution is 2.30. The van der Waals surface area contributed by atoms with Crippen LogP contribution in [0.25, 0.3) is 0 Å². The number of benzene rings is 2. The maximum absolute atomic E-state index is 12.5. The Labute approximate surface area is 179 Å². The summed E-state index contributed by atoms with van der Waals surface area (Å²) in [5, 5.41) is 3.13. The predicted octanol–water partition coefficient (Wildman–Crippen LogP) is 3.52. The van der Waals surface area contributed by atoms with E-state index in [1.165, 1.54) is 18.2 Å². The van der Waals surface area contributed by atoms with Crippen molar-refractivity contribution in [1.29, 1.82) is 0 Å². The molecule has 2 aromatic carbocycles. The Bertz CT molecular complexity index is 1040. The number of hydrogen-bond donors (Lipinski definition) is 1. The predicted molar refractivity (Wildman–Crippen MR) is 115 cm³/mol. The van der Waals surface area contributed by atoms with Crippen LogP contribution in [0.2, 0.25) is 10.0 Å². The molecule has 0 aliphatic carbocycles. The van der Waals surface area contributed by atoms with Gasteiger partial charge in [-0.15, -0.1) is 0 Å². The molecule has 2 amide bonds. The highest BCUT2D eigenvalue weighted by molar-refractivity contribution is 7.92. The van der Waals surface area contributed by atoms with Crippen molar-refractivity contribution in [1.82, 2.24) is 0 Å². The van der Waals surface area contributed by atoms with Crippen LogP contribution in [0.1, 0.15) is 12.8 Å². The molecule has 0 bridgehead atoms. The molecule has 2 aromatic rings. The molecule has 0 radical (unpaired) electrons. The lowest BCUT2D eigenvalue weighted by Crippen LogP contribution is -2.37. The largest absolute Gasteiger partial charge is 0.325 e. The van der Waals surface area contributed by atoms with Crippen LogP contribution in [0.4, 0.5) is 17.1 Å². The first-order valence-electron chi connectivity index (χ1n) is 8.78. The van der Waals surface area contributed by atoms with E-state index in [9.17, 15) is 18.0 Å². The van der Waals surface area contributed by atoms with Gasteiger partial charge in [-0.3, -0.25) is 13.9 Å². The zero-order valence-electron chi connectivity index (χ0n) is 15.6. The fourth-order valence-corrected chi connectivity index (χ4v) is 4.47. The molecule has 7 nitrogen and oxygen atoms in total. The molecule has 154 valence electrons. The molecule has 0 spiro atoms. The van der Waals surface area contributed by atoms with E-state index in [1.54, 1.807) is 29.2 Å². The van der Waals surface area contributed by atoms with Crippen LogP contribution in [-0.2, 0) is 19.6 Å². The Kier molecular flexibility index (Phi) is 6.36. The Morgan fingerprint density at radius 1 is 1.17 bits per heavy atom. The van der Waals surface area contributed by atoms with Crippen molar-refractivity contribution in [3.05, 3.63) is 52.5 Å². The van der Waals surface area contributed by atoms with Crippen LogP contribution in [0.15, 0.2) is 42.5 Å². The van der Waals surface area contributed by atoms with Crippen molar-refractivity contribution < 1.29 is 18.0 Å². The summed E-state index contributed by atoms with van der Waals surface area (Å²) in [5.74, 6) is -0.461. The zero-order chi connectivity index (χ0) is 21.2. The molecule has 0 atom stereocenters. The SMILES string of the molecule is CS(=O)(=O)N(CC(=O)Nc1ccc(N2CCCC2=O)cc1)c1ccc(Cl)cc1Cl. The second kappa shape index (κ2) is 8.61. The third-order valence-electron chi connectivity index (χ3n) is 4.40. The van der Waals surface area contributed by atoms with E-state index in [4.69, 9.17) is 23.2 Å². The molecular formula is C19H19Cl2N3O4S. The van der Waals surface area contributed by atoms with Gasteiger partial charge in [0.25, 0.3) is 0 Å². The van der Waals surface area contributed by atoms with Crippen molar-refractivity contribution in [2.24, 2.45) is 0 Å². The normalized spacial score (nSPS) is 14.2. The first-order chi connectivity index (χ1) is 13.6. The van der Waals surface area contributed by atoms with Gasteiger partial charge in [-0.1, -0.05) is 23.2 Å². The Balaban J connectivity index is 1.73. The van der Waals surface area contributed by atoms with Gasteiger partial charge < -0.3 is 10.2 Å². The van der Waals surface area contributed by atoms with Crippen molar-refractivity contribution in [2.75, 3.05) is 33.9 Å². The summed E-state index contributed by atoms with van der Waals surface area (Å²) in [5.41, 5.74) is 1.41. The van der Waals surface area contributed by atoms with E-state index < -0.39 is 22.5 Å². The molecule has 10 heteroatoms. The molecule has 1 aliphatic heterocycles. The van der Waals surface area contributed by atoms with E-state index in [0.29, 0.717) is 23.7 Å². The molecular weight excluding hydrogens is 437 g/mol. The third-order valence-corrected chi connectivity index (χ3v) is 6.07. The highest BCUT2D eigenvalue weighted by Gasteiger charge is 2.24. The molecule has 0 aromatic heterocycles. The monoisotopic (exact) mass is 455 g/mol. The van der Waals surface area contributed by atoms with Gasteiger partial charge >= 0.3 is 0 Å². The van der Waals surface area contributed by atoms with E-state index >= 15 is 0 Å². The lowest BCUT2D eigenvalue weighted by atomic mass is 10.2. The maximum Gasteiger partial charge on any atom is 0.245 e. The standard InChI is InChI=1S/C19H19Cl2N3O4S/c1-29(27,28)24(17-9-4-13(20)11-16(17)21)12-18(25)22-14-5-7-15(8-6-14)23-10-2-3-19(23)26/h4-9,11H,2-3,10,12H2,1H3,(H,22,25). The van der Waals surface area contributed by atoms with Gasteiger partial charge in [0, 0.05) is 29.4 Å². The number of carbonyl (C=O) groups is 2. The number of sulfonamides is 1. The molecule has 1 heterocycles. The van der Waals surface area contributed by atoms with Gasteiger partial charge in [0.1, 0.15) is 6.54 Å². The number of rotatable bonds is 6. The lowest BCUT2D eigenvalue weighted by Gasteiger charge is -2.23. The molecule has 0 unspecified atom stereocenters. The second-order valence-electron chi connectivity index (χ2n) is 6.61. The average molecular weight is 456 g/mol. The van der Waals surface area contributed by atoms with Gasteiger partial charge in [-0.25, -0.2) is 8.42 Å². The van der Waals surface area contributed by atoms with Crippen LogP contribution in [0.5, 0.6) is 0 Å². The van der Waals surface area contributed by atoms with Gasteiger partial charge in [-0.05, 0) is 48.9 Å². The third kappa shape index (κ3) is 5.20. The number of anilines is 3. The maximum atomic E-state index is 12.5. The molecule has 0 saturated carbocycles. The summed E-state index contributed by atoms with van der Waals surface area (Å²) < 4.78 is 25.3. The van der Waals surface area contributed by atoms with E-state index in [1.807, 2.05) is 0 Å². The Morgan fingerprint density at radius 3 is 2.41 bits per heavy atom. The Hall–Kier alpha value is -2.29. The lowest BCUT2D eigenvalue weighted by molar-refractivity contribution is -0.117. The van der Waals surface area contributed by atoms with Gasteiger partial charge in [0.2, 0.25) is 21.8 Å². The van der Waals surface area contributed by atoms with Crippen molar-refractivity contribution in [2.45, 2.75) is 12.8 Å². The van der Waals surface area contributed by atoms with Crippen LogP contribution in [0, 0.1) is 0 Å². The van der Waals surface area contributed by atoms with Crippen LogP contribution in [-0.4, -0.2) is 39.6 Å². The summed E-state index contributed by atoms with van der Waals surface area (Å²) in [6, 6.07) is 11.2. The number of hydrogen-bond acceptors (Lipinski definition) is 4. The molecule has 29 heavy (non-hydrogen) atoms. The first kappa shape index (κ1) is 21.4. The Morgan fingerprint density at radius 2 is 1.86 bits per heavy atom. The summed E-state index contributed by atoms with van der Waals surface area (Å²) in [4.78, 5) is 26.0. The zero-order valence-corrected chi connectivity index (χ0v) is 17.9. The molecule has 1 fully saturated rings. The first-order valence-corrected chi connectivity index (χ1v) is 11.4. The van der Waals surface area contributed by atoms with E-state index in [0.717, 1.165) is 22.7 Å². The van der Waals surface area contributed by atoms with Crippen LogP contribution >= 0.6 is 23.2 Å². The quantitative estimate of drug-likeness (QED) is 0.721. The fraction of sp³-hybridized carbons (Fsp3) is 0.263. The van der Waals surface area contributed by atoms with Gasteiger partial charge in [-0.2, -0.15) is 0 Å². The molecule has 3 rings (SSSR count). The van der Waals surface area contributed by atoms with E-state index in [2.05, 4.69) is 5.32 Å². The fourth-order valence-electron chi connectivity index (χ4n) is 3.04. The average Bonchev–Trinajstić information content (AvgIpc) is 3.06. The summed E-state index contributed by atoms with van der Waals surface area (Å²) in [6.45, 7) is 0.224. The minimum Gasteiger partial charge on any atom is -0.325 e. The number of halogens is 2. The summed E-state index contributed by atoms with van der Waals surface area (Å²) in [6.07, 6.45) is 2.35. The smallest absolute Gasteiger partial charge is 0.245 e. The minimum atomic E-state index is -3.76. The number of nitrogens with zero attached hydrogens (tertiary/aromatic N) is 2. The van der Waals surface area contributed by atoms with Gasteiger partial charge in [0.05, 0.1) is 17.0 Å². The topological polar surface area (TPSA) is 86.8 Å². The highest BCUT2D eigenvalue weighted by atomic mass is 35.5. The molecule has 1 saturated heterocycles. The van der Waals surface area contributed by atoms with Crippen molar-refractivity contribution >= 4 is 62.1 Å². The molecule has 1 aliphatic rings. The van der Waals surface area contributed by atoms with Crippen molar-refractivity contribution in [3.63, 3.8) is 0 Å². The molecule has 1 N–H and O–H groups in total. The van der Waals surface area contributed by atoms with E-state index in [-0.39, 0.29) is 16.6 Å². The van der Waals surface area contributed by atoms with Crippen molar-refractivity contribution in [3.8, 4) is 0 Å². The van der Waals surface area contributed by atoms with Crippen LogP contribution in [0.3, 0.4) is 0 Å². The number of nitrogens with one attached hydrogen (secondary N) is 1. The number of carbonyl (C=O) groups excluding carboxylic acids is 2. The second-order valence-corrected chi connectivity index (χ2v) is 9.36. The summed E-state index contributed by atoms with van der Waals surface area (Å²) in [7, 11) is -3.76.